The van der Waals surface area contributed by atoms with Crippen LogP contribution >= 0.6 is 0 Å². The van der Waals surface area contributed by atoms with Crippen LogP contribution in [0.25, 0.3) is 0 Å². The topological polar surface area (TPSA) is 86.6 Å². The largest absolute Gasteiger partial charge is 0.478 e. The molecule has 0 radical (unpaired) electrons. The first-order chi connectivity index (χ1) is 11.7. The van der Waals surface area contributed by atoms with E-state index in [0.717, 1.165) is 24.8 Å². The van der Waals surface area contributed by atoms with Crippen LogP contribution in [0.3, 0.4) is 0 Å². The molecule has 1 fully saturated rings. The molecule has 3 aliphatic rings. The Labute approximate surface area is 149 Å². The number of carbonyl (C=O) groups excluding carboxylic acids is 1. The van der Waals surface area contributed by atoms with Gasteiger partial charge in [0.2, 0.25) is 5.91 Å². The molecule has 138 valence electrons. The molecule has 3 rings (SSSR count). The van der Waals surface area contributed by atoms with E-state index in [4.69, 9.17) is 0 Å². The van der Waals surface area contributed by atoms with Crippen LogP contribution in [0.4, 0.5) is 0 Å². The van der Waals surface area contributed by atoms with Crippen molar-refractivity contribution in [1.82, 2.24) is 5.32 Å². The molecule has 0 unspecified atom stereocenters. The van der Waals surface area contributed by atoms with Gasteiger partial charge in [0, 0.05) is 23.1 Å². The maximum absolute atomic E-state index is 11.9. The summed E-state index contributed by atoms with van der Waals surface area (Å²) in [5.41, 5.74) is 0.378. The van der Waals surface area contributed by atoms with Crippen LogP contribution in [-0.4, -0.2) is 34.7 Å². The van der Waals surface area contributed by atoms with Gasteiger partial charge >= 0.3 is 5.97 Å². The van der Waals surface area contributed by atoms with Crippen LogP contribution in [0, 0.1) is 22.7 Å². The summed E-state index contributed by atoms with van der Waals surface area (Å²) in [5.74, 6) is -0.524. The van der Waals surface area contributed by atoms with Crippen LogP contribution in [0.5, 0.6) is 0 Å². The maximum Gasteiger partial charge on any atom is 0.331 e. The summed E-state index contributed by atoms with van der Waals surface area (Å²) in [6, 6.07) is 0. The lowest BCUT2D eigenvalue weighted by atomic mass is 9.45. The zero-order valence-electron chi connectivity index (χ0n) is 15.3. The Morgan fingerprint density at radius 2 is 2.08 bits per heavy atom. The summed E-state index contributed by atoms with van der Waals surface area (Å²) in [5, 5.41) is 23.3. The van der Waals surface area contributed by atoms with Gasteiger partial charge in [-0.05, 0) is 49.4 Å². The fourth-order valence-corrected chi connectivity index (χ4v) is 5.55. The maximum atomic E-state index is 11.9. The van der Waals surface area contributed by atoms with Crippen molar-refractivity contribution < 1.29 is 19.8 Å². The average molecular weight is 347 g/mol. The van der Waals surface area contributed by atoms with E-state index < -0.39 is 17.5 Å². The third-order valence-electron chi connectivity index (χ3n) is 7.37. The Morgan fingerprint density at radius 3 is 2.68 bits per heavy atom. The van der Waals surface area contributed by atoms with Crippen molar-refractivity contribution in [3.63, 3.8) is 0 Å². The van der Waals surface area contributed by atoms with Crippen molar-refractivity contribution in [2.24, 2.45) is 22.7 Å². The first kappa shape index (κ1) is 18.2. The molecule has 5 heteroatoms. The fraction of sp³-hybridized carbons (Fsp3) is 0.700. The summed E-state index contributed by atoms with van der Waals surface area (Å²) >= 11 is 0. The number of carbonyl (C=O) groups is 2. The van der Waals surface area contributed by atoms with E-state index in [-0.39, 0.29) is 23.2 Å². The van der Waals surface area contributed by atoms with E-state index in [1.54, 1.807) is 6.08 Å². The highest BCUT2D eigenvalue weighted by Crippen LogP contribution is 2.62. The molecular weight excluding hydrogens is 318 g/mol. The number of carboxylic acids is 1. The van der Waals surface area contributed by atoms with Crippen molar-refractivity contribution in [3.8, 4) is 0 Å². The number of aliphatic carboxylic acids is 1. The number of nitrogens with one attached hydrogen (secondary N) is 1. The summed E-state index contributed by atoms with van der Waals surface area (Å²) in [6.45, 7) is 6.91. The standard InChI is InChI=1S/C20H29NO4/c1-12-11-16(22)20(3)14(18(24)25)5-4-6-15(20)19(12,2)9-7-13-8-10-21-17(13)23/h5,8,12,15-16,22H,4,6-7,9-11H2,1-3H3,(H,21,23)(H,24,25)/t12-,15+,16+,19+,20-/m1/s1. The van der Waals surface area contributed by atoms with Gasteiger partial charge in [-0.1, -0.05) is 32.9 Å². The lowest BCUT2D eigenvalue weighted by Crippen LogP contribution is -2.57. The van der Waals surface area contributed by atoms with Crippen molar-refractivity contribution >= 4 is 11.9 Å². The highest BCUT2D eigenvalue weighted by Gasteiger charge is 2.59. The minimum absolute atomic E-state index is 0.0182. The quantitative estimate of drug-likeness (QED) is 0.730. The second-order valence-electron chi connectivity index (χ2n) is 8.43. The number of allylic oxidation sites excluding steroid dienone is 1. The van der Waals surface area contributed by atoms with E-state index >= 15 is 0 Å². The number of hydrogen-bond acceptors (Lipinski definition) is 3. The Hall–Kier alpha value is -1.62. The van der Waals surface area contributed by atoms with Crippen molar-refractivity contribution in [2.75, 3.05) is 6.54 Å². The second kappa shape index (κ2) is 6.27. The molecule has 0 spiro atoms. The molecule has 0 bridgehead atoms. The normalized spacial score (nSPS) is 40.8. The summed E-state index contributed by atoms with van der Waals surface area (Å²) in [6.07, 6.45) is 6.88. The third kappa shape index (κ3) is 2.73. The minimum atomic E-state index is -0.916. The Bertz CT molecular complexity index is 652. The van der Waals surface area contributed by atoms with Gasteiger partial charge in [-0.25, -0.2) is 4.79 Å². The molecule has 0 aromatic rings. The highest BCUT2D eigenvalue weighted by molar-refractivity contribution is 5.95. The van der Waals surface area contributed by atoms with E-state index in [1.807, 2.05) is 13.0 Å². The van der Waals surface area contributed by atoms with E-state index in [0.29, 0.717) is 25.0 Å². The Kier molecular flexibility index (Phi) is 4.56. The molecule has 5 nitrogen and oxygen atoms in total. The van der Waals surface area contributed by atoms with Crippen LogP contribution in [0.1, 0.15) is 52.9 Å². The number of aliphatic hydroxyl groups is 1. The molecule has 25 heavy (non-hydrogen) atoms. The average Bonchev–Trinajstić information content (AvgIpc) is 2.96. The first-order valence-electron chi connectivity index (χ1n) is 9.30. The molecule has 1 heterocycles. The molecule has 0 saturated heterocycles. The van der Waals surface area contributed by atoms with E-state index in [2.05, 4.69) is 19.2 Å². The zero-order valence-corrected chi connectivity index (χ0v) is 15.3. The predicted molar refractivity (Wildman–Crippen MR) is 94.8 cm³/mol. The van der Waals surface area contributed by atoms with Crippen LogP contribution in [0.15, 0.2) is 23.3 Å². The monoisotopic (exact) mass is 347 g/mol. The third-order valence-corrected chi connectivity index (χ3v) is 7.37. The van der Waals surface area contributed by atoms with Gasteiger partial charge in [-0.3, -0.25) is 4.79 Å². The molecule has 3 N–H and O–H groups in total. The predicted octanol–water partition coefficient (Wildman–Crippen LogP) is 2.66. The summed E-state index contributed by atoms with van der Waals surface area (Å²) in [4.78, 5) is 23.7. The van der Waals surface area contributed by atoms with Gasteiger partial charge in [0.05, 0.1) is 6.10 Å². The SMILES string of the molecule is C[C@@H]1C[C@H](O)[C@]2(C)C(C(=O)O)=CCC[C@H]2[C@@]1(C)CCC1=CCNC1=O. The number of hydrogen-bond donors (Lipinski definition) is 3. The minimum Gasteiger partial charge on any atom is -0.478 e. The fourth-order valence-electron chi connectivity index (χ4n) is 5.55. The number of aliphatic hydroxyl groups excluding tert-OH is 1. The van der Waals surface area contributed by atoms with Crippen molar-refractivity contribution in [3.05, 3.63) is 23.3 Å². The second-order valence-corrected chi connectivity index (χ2v) is 8.43. The summed E-state index contributed by atoms with van der Waals surface area (Å²) in [7, 11) is 0. The molecule has 0 aromatic heterocycles. The Balaban J connectivity index is 1.92. The lowest BCUT2D eigenvalue weighted by Gasteiger charge is -2.59. The lowest BCUT2D eigenvalue weighted by molar-refractivity contribution is -0.148. The molecule has 2 aliphatic carbocycles. The van der Waals surface area contributed by atoms with Gasteiger partial charge in [-0.15, -0.1) is 0 Å². The molecule has 1 amide bonds. The van der Waals surface area contributed by atoms with Gasteiger partial charge < -0.3 is 15.5 Å². The Morgan fingerprint density at radius 1 is 1.36 bits per heavy atom. The van der Waals surface area contributed by atoms with E-state index in [9.17, 15) is 19.8 Å². The van der Waals surface area contributed by atoms with Crippen LogP contribution < -0.4 is 5.32 Å². The van der Waals surface area contributed by atoms with Gasteiger partial charge in [-0.2, -0.15) is 0 Å². The molecular formula is C20H29NO4. The molecule has 1 saturated carbocycles. The summed E-state index contributed by atoms with van der Waals surface area (Å²) < 4.78 is 0. The number of amides is 1. The van der Waals surface area contributed by atoms with Gasteiger partial charge in [0.15, 0.2) is 0 Å². The first-order valence-corrected chi connectivity index (χ1v) is 9.30. The smallest absolute Gasteiger partial charge is 0.331 e. The van der Waals surface area contributed by atoms with Crippen LogP contribution in [0.2, 0.25) is 0 Å². The molecule has 5 atom stereocenters. The highest BCUT2D eigenvalue weighted by atomic mass is 16.4. The zero-order chi connectivity index (χ0) is 18.4. The van der Waals surface area contributed by atoms with Gasteiger partial charge in [0.25, 0.3) is 0 Å². The number of rotatable bonds is 4. The van der Waals surface area contributed by atoms with E-state index in [1.165, 1.54) is 0 Å². The van der Waals surface area contributed by atoms with Crippen LogP contribution in [-0.2, 0) is 9.59 Å². The molecule has 0 aromatic carbocycles. The van der Waals surface area contributed by atoms with Crippen molar-refractivity contribution in [1.29, 1.82) is 0 Å². The molecule has 1 aliphatic heterocycles. The number of fused-ring (bicyclic) bond motifs is 1. The van der Waals surface area contributed by atoms with Crippen molar-refractivity contribution in [2.45, 2.75) is 59.0 Å². The number of carboxylic acid groups (broad SMARTS) is 1. The van der Waals surface area contributed by atoms with Gasteiger partial charge in [0.1, 0.15) is 0 Å².